The highest BCUT2D eigenvalue weighted by molar-refractivity contribution is 7.10. The molecule has 0 saturated carbocycles. The molecule has 0 saturated heterocycles. The van der Waals surface area contributed by atoms with E-state index >= 15 is 0 Å². The average molecular weight is 250 g/mol. The second kappa shape index (κ2) is 5.09. The highest BCUT2D eigenvalue weighted by Gasteiger charge is 2.11. The van der Waals surface area contributed by atoms with Gasteiger partial charge in [0.1, 0.15) is 0 Å². The molecule has 0 unspecified atom stereocenters. The molecule has 0 aliphatic rings. The Morgan fingerprint density at radius 3 is 2.76 bits per heavy atom. The molecular formula is C11H14N4OS. The number of thiophene rings is 1. The molecule has 0 aliphatic carbocycles. The SMILES string of the molecule is CCNc1nc(OC)nc(-c2ccsc2C)n1. The van der Waals surface area contributed by atoms with Crippen LogP contribution >= 0.6 is 11.3 Å². The van der Waals surface area contributed by atoms with E-state index in [1.165, 1.54) is 4.88 Å². The van der Waals surface area contributed by atoms with Gasteiger partial charge in [-0.05, 0) is 25.3 Å². The van der Waals surface area contributed by atoms with E-state index in [2.05, 4.69) is 20.3 Å². The lowest BCUT2D eigenvalue weighted by Gasteiger charge is -2.06. The van der Waals surface area contributed by atoms with E-state index in [0.29, 0.717) is 17.8 Å². The molecule has 0 aliphatic heterocycles. The number of hydrogen-bond acceptors (Lipinski definition) is 6. The first kappa shape index (κ1) is 11.8. The number of aromatic nitrogens is 3. The van der Waals surface area contributed by atoms with Crippen molar-refractivity contribution in [1.82, 2.24) is 15.0 Å². The van der Waals surface area contributed by atoms with Crippen molar-refractivity contribution >= 4 is 17.3 Å². The molecular weight excluding hydrogens is 236 g/mol. The van der Waals surface area contributed by atoms with Gasteiger partial charge in [-0.2, -0.15) is 15.0 Å². The van der Waals surface area contributed by atoms with E-state index in [-0.39, 0.29) is 0 Å². The third-order valence-corrected chi connectivity index (χ3v) is 3.08. The third-order valence-electron chi connectivity index (χ3n) is 2.23. The second-order valence-electron chi connectivity index (χ2n) is 3.39. The van der Waals surface area contributed by atoms with Gasteiger partial charge >= 0.3 is 6.01 Å². The lowest BCUT2D eigenvalue weighted by Crippen LogP contribution is -2.06. The Morgan fingerprint density at radius 1 is 1.35 bits per heavy atom. The van der Waals surface area contributed by atoms with Crippen molar-refractivity contribution in [1.29, 1.82) is 0 Å². The molecule has 17 heavy (non-hydrogen) atoms. The topological polar surface area (TPSA) is 59.9 Å². The highest BCUT2D eigenvalue weighted by Crippen LogP contribution is 2.26. The van der Waals surface area contributed by atoms with Crippen LogP contribution in [0.1, 0.15) is 11.8 Å². The van der Waals surface area contributed by atoms with Gasteiger partial charge in [-0.1, -0.05) is 0 Å². The van der Waals surface area contributed by atoms with Crippen molar-refractivity contribution in [2.45, 2.75) is 13.8 Å². The first-order chi connectivity index (χ1) is 8.24. The summed E-state index contributed by atoms with van der Waals surface area (Å²) in [4.78, 5) is 13.9. The molecule has 0 spiro atoms. The van der Waals surface area contributed by atoms with Crippen LogP contribution in [0, 0.1) is 6.92 Å². The zero-order valence-corrected chi connectivity index (χ0v) is 10.8. The summed E-state index contributed by atoms with van der Waals surface area (Å²) in [5.41, 5.74) is 1.02. The van der Waals surface area contributed by atoms with Gasteiger partial charge in [0, 0.05) is 17.0 Å². The number of hydrogen-bond donors (Lipinski definition) is 1. The number of nitrogens with one attached hydrogen (secondary N) is 1. The van der Waals surface area contributed by atoms with Crippen LogP contribution in [0.15, 0.2) is 11.4 Å². The van der Waals surface area contributed by atoms with E-state index in [0.717, 1.165) is 12.1 Å². The second-order valence-corrected chi connectivity index (χ2v) is 4.51. The number of rotatable bonds is 4. The predicted octanol–water partition coefficient (Wildman–Crippen LogP) is 2.35. The Morgan fingerprint density at radius 2 is 2.18 bits per heavy atom. The Bertz CT molecular complexity index is 512. The summed E-state index contributed by atoms with van der Waals surface area (Å²) in [6.45, 7) is 4.80. The zero-order chi connectivity index (χ0) is 12.3. The quantitative estimate of drug-likeness (QED) is 0.902. The van der Waals surface area contributed by atoms with Crippen LogP contribution in [0.25, 0.3) is 11.4 Å². The molecule has 2 heterocycles. The minimum absolute atomic E-state index is 0.330. The van der Waals surface area contributed by atoms with Gasteiger partial charge < -0.3 is 10.1 Å². The lowest BCUT2D eigenvalue weighted by molar-refractivity contribution is 0.379. The van der Waals surface area contributed by atoms with Crippen LogP contribution < -0.4 is 10.1 Å². The van der Waals surface area contributed by atoms with Crippen molar-refractivity contribution in [2.75, 3.05) is 19.0 Å². The van der Waals surface area contributed by atoms with Crippen molar-refractivity contribution in [3.63, 3.8) is 0 Å². The van der Waals surface area contributed by atoms with E-state index < -0.39 is 0 Å². The van der Waals surface area contributed by atoms with Crippen molar-refractivity contribution in [2.24, 2.45) is 0 Å². The summed E-state index contributed by atoms with van der Waals surface area (Å²) in [5, 5.41) is 5.09. The molecule has 90 valence electrons. The molecule has 0 atom stereocenters. The largest absolute Gasteiger partial charge is 0.467 e. The van der Waals surface area contributed by atoms with Gasteiger partial charge in [0.2, 0.25) is 5.95 Å². The van der Waals surface area contributed by atoms with Gasteiger partial charge in [-0.25, -0.2) is 0 Å². The van der Waals surface area contributed by atoms with Crippen LogP contribution in [0.2, 0.25) is 0 Å². The van der Waals surface area contributed by atoms with Crippen LogP contribution in [0.4, 0.5) is 5.95 Å². The maximum Gasteiger partial charge on any atom is 0.321 e. The van der Waals surface area contributed by atoms with Gasteiger partial charge in [0.25, 0.3) is 0 Å². The molecule has 0 radical (unpaired) electrons. The smallest absolute Gasteiger partial charge is 0.321 e. The van der Waals surface area contributed by atoms with Crippen LogP contribution in [0.3, 0.4) is 0 Å². The molecule has 6 heteroatoms. The maximum absolute atomic E-state index is 5.08. The van der Waals surface area contributed by atoms with Gasteiger partial charge in [0.05, 0.1) is 7.11 Å². The first-order valence-corrected chi connectivity index (χ1v) is 6.21. The summed E-state index contributed by atoms with van der Waals surface area (Å²) in [5.74, 6) is 1.19. The van der Waals surface area contributed by atoms with Gasteiger partial charge in [0.15, 0.2) is 5.82 Å². The molecule has 0 bridgehead atoms. The van der Waals surface area contributed by atoms with Crippen molar-refractivity contribution < 1.29 is 4.74 Å². The Labute approximate surface area is 104 Å². The van der Waals surface area contributed by atoms with Crippen molar-refractivity contribution in [3.8, 4) is 17.4 Å². The molecule has 0 amide bonds. The highest BCUT2D eigenvalue weighted by atomic mass is 32.1. The fourth-order valence-corrected chi connectivity index (χ4v) is 2.12. The summed E-state index contributed by atoms with van der Waals surface area (Å²) >= 11 is 1.67. The molecule has 1 N–H and O–H groups in total. The van der Waals surface area contributed by atoms with E-state index in [1.54, 1.807) is 18.4 Å². The Hall–Kier alpha value is -1.69. The first-order valence-electron chi connectivity index (χ1n) is 5.33. The summed E-state index contributed by atoms with van der Waals surface area (Å²) in [6.07, 6.45) is 0. The minimum atomic E-state index is 0.330. The Kier molecular flexibility index (Phi) is 3.53. The standard InChI is InChI=1S/C11H14N4OS/c1-4-12-10-13-9(14-11(15-10)16-3)8-5-6-17-7(8)2/h5-6H,4H2,1-3H3,(H,12,13,14,15). The number of aryl methyl sites for hydroxylation is 1. The normalized spacial score (nSPS) is 10.3. The van der Waals surface area contributed by atoms with Crippen LogP contribution in [0.5, 0.6) is 6.01 Å². The number of anilines is 1. The molecule has 2 rings (SSSR count). The summed E-state index contributed by atoms with van der Waals surface area (Å²) < 4.78 is 5.08. The average Bonchev–Trinajstić information content (AvgIpc) is 2.75. The maximum atomic E-state index is 5.08. The lowest BCUT2D eigenvalue weighted by atomic mass is 10.2. The van der Waals surface area contributed by atoms with Crippen LogP contribution in [-0.2, 0) is 0 Å². The fourth-order valence-electron chi connectivity index (χ4n) is 1.42. The number of methoxy groups -OCH3 is 1. The molecule has 5 nitrogen and oxygen atoms in total. The van der Waals surface area contributed by atoms with E-state index in [1.807, 2.05) is 25.3 Å². The molecule has 0 aromatic carbocycles. The van der Waals surface area contributed by atoms with Gasteiger partial charge in [-0.3, -0.25) is 0 Å². The minimum Gasteiger partial charge on any atom is -0.467 e. The molecule has 2 aromatic rings. The monoisotopic (exact) mass is 250 g/mol. The predicted molar refractivity (Wildman–Crippen MR) is 68.6 cm³/mol. The number of ether oxygens (including phenoxy) is 1. The molecule has 2 aromatic heterocycles. The Balaban J connectivity index is 2.46. The fraction of sp³-hybridized carbons (Fsp3) is 0.364. The number of nitrogens with zero attached hydrogens (tertiary/aromatic N) is 3. The summed E-state index contributed by atoms with van der Waals surface area (Å²) in [7, 11) is 1.55. The molecule has 0 fully saturated rings. The van der Waals surface area contributed by atoms with E-state index in [4.69, 9.17) is 4.74 Å². The van der Waals surface area contributed by atoms with Gasteiger partial charge in [-0.15, -0.1) is 11.3 Å². The zero-order valence-electron chi connectivity index (χ0n) is 10.0. The van der Waals surface area contributed by atoms with E-state index in [9.17, 15) is 0 Å². The third kappa shape index (κ3) is 2.52. The van der Waals surface area contributed by atoms with Crippen molar-refractivity contribution in [3.05, 3.63) is 16.3 Å². The summed E-state index contributed by atoms with van der Waals surface area (Å²) in [6, 6.07) is 2.33. The van der Waals surface area contributed by atoms with Crippen LogP contribution in [-0.4, -0.2) is 28.6 Å².